The Morgan fingerprint density at radius 3 is 2.48 bits per heavy atom. The molecule has 5 heteroatoms. The summed E-state index contributed by atoms with van der Waals surface area (Å²) in [6.45, 7) is 8.33. The van der Waals surface area contributed by atoms with Crippen LogP contribution in [-0.2, 0) is 5.41 Å². The van der Waals surface area contributed by atoms with Crippen molar-refractivity contribution in [2.24, 2.45) is 5.73 Å². The third kappa shape index (κ3) is 2.46. The maximum Gasteiger partial charge on any atom is 0.244 e. The number of allylic oxidation sites excluding steroid dienone is 1. The SMILES string of the molecule is Cc1ccc([C@H]2C(C#N)=C(N)Oc3n[nH]c(C(C)(C)C)c32)cc1. The van der Waals surface area contributed by atoms with Gasteiger partial charge in [-0.15, -0.1) is 5.10 Å². The molecule has 0 radical (unpaired) electrons. The van der Waals surface area contributed by atoms with Crippen LogP contribution in [0.3, 0.4) is 0 Å². The second kappa shape index (κ2) is 5.17. The average molecular weight is 308 g/mol. The van der Waals surface area contributed by atoms with Crippen LogP contribution in [0.25, 0.3) is 0 Å². The molecule has 0 saturated carbocycles. The molecule has 23 heavy (non-hydrogen) atoms. The summed E-state index contributed by atoms with van der Waals surface area (Å²) in [5.41, 5.74) is 10.3. The zero-order chi connectivity index (χ0) is 16.8. The maximum absolute atomic E-state index is 9.61. The number of aromatic nitrogens is 2. The van der Waals surface area contributed by atoms with Gasteiger partial charge < -0.3 is 10.5 Å². The summed E-state index contributed by atoms with van der Waals surface area (Å²) in [5.74, 6) is 0.312. The van der Waals surface area contributed by atoms with Gasteiger partial charge in [-0.05, 0) is 12.5 Å². The molecule has 2 aromatic rings. The van der Waals surface area contributed by atoms with E-state index >= 15 is 0 Å². The quantitative estimate of drug-likeness (QED) is 0.846. The fraction of sp³-hybridized carbons (Fsp3) is 0.333. The van der Waals surface area contributed by atoms with E-state index in [1.165, 1.54) is 5.56 Å². The number of hydrogen-bond donors (Lipinski definition) is 2. The summed E-state index contributed by atoms with van der Waals surface area (Å²) in [6.07, 6.45) is 0. The van der Waals surface area contributed by atoms with Crippen LogP contribution in [0.1, 0.15) is 49.1 Å². The second-order valence-electron chi connectivity index (χ2n) is 6.90. The zero-order valence-electron chi connectivity index (χ0n) is 13.8. The third-order valence-corrected chi connectivity index (χ3v) is 4.10. The molecule has 1 aromatic heterocycles. The number of benzene rings is 1. The van der Waals surface area contributed by atoms with E-state index in [-0.39, 0.29) is 17.2 Å². The number of H-pyrrole nitrogens is 1. The van der Waals surface area contributed by atoms with Crippen molar-refractivity contribution >= 4 is 0 Å². The fourth-order valence-electron chi connectivity index (χ4n) is 2.91. The van der Waals surface area contributed by atoms with E-state index in [9.17, 15) is 5.26 Å². The Morgan fingerprint density at radius 1 is 1.26 bits per heavy atom. The molecule has 0 saturated heterocycles. The van der Waals surface area contributed by atoms with Gasteiger partial charge in [0.05, 0.1) is 11.5 Å². The molecule has 0 amide bonds. The Bertz CT molecular complexity index is 816. The number of nitrogens with two attached hydrogens (primary N) is 1. The van der Waals surface area contributed by atoms with Crippen LogP contribution in [0.15, 0.2) is 35.7 Å². The number of rotatable bonds is 1. The summed E-state index contributed by atoms with van der Waals surface area (Å²) in [6, 6.07) is 10.3. The molecule has 5 nitrogen and oxygen atoms in total. The minimum atomic E-state index is -0.266. The molecule has 3 N–H and O–H groups in total. The van der Waals surface area contributed by atoms with Crippen molar-refractivity contribution in [2.75, 3.05) is 0 Å². The van der Waals surface area contributed by atoms with E-state index in [1.54, 1.807) is 0 Å². The summed E-state index contributed by atoms with van der Waals surface area (Å²) >= 11 is 0. The highest BCUT2D eigenvalue weighted by Gasteiger charge is 2.37. The van der Waals surface area contributed by atoms with Gasteiger partial charge in [-0.3, -0.25) is 5.10 Å². The van der Waals surface area contributed by atoms with Crippen LogP contribution in [0.4, 0.5) is 0 Å². The van der Waals surface area contributed by atoms with Crippen molar-refractivity contribution < 1.29 is 4.74 Å². The number of hydrogen-bond acceptors (Lipinski definition) is 4. The summed E-state index contributed by atoms with van der Waals surface area (Å²) in [7, 11) is 0. The lowest BCUT2D eigenvalue weighted by atomic mass is 9.78. The lowest BCUT2D eigenvalue weighted by Gasteiger charge is -2.27. The Morgan fingerprint density at radius 2 is 1.91 bits per heavy atom. The number of nitrogens with one attached hydrogen (secondary N) is 1. The molecule has 1 aromatic carbocycles. The Kier molecular flexibility index (Phi) is 3.41. The van der Waals surface area contributed by atoms with Gasteiger partial charge in [-0.25, -0.2) is 0 Å². The van der Waals surface area contributed by atoms with Crippen molar-refractivity contribution in [3.8, 4) is 11.9 Å². The number of nitriles is 1. The Labute approximate surface area is 135 Å². The van der Waals surface area contributed by atoms with E-state index in [4.69, 9.17) is 10.5 Å². The van der Waals surface area contributed by atoms with Gasteiger partial charge in [0, 0.05) is 11.1 Å². The van der Waals surface area contributed by atoms with Gasteiger partial charge in [0.1, 0.15) is 11.6 Å². The highest BCUT2D eigenvalue weighted by Crippen LogP contribution is 2.45. The number of aromatic amines is 1. The van der Waals surface area contributed by atoms with E-state index in [0.717, 1.165) is 16.8 Å². The van der Waals surface area contributed by atoms with Crippen LogP contribution >= 0.6 is 0 Å². The normalized spacial score (nSPS) is 17.4. The lowest BCUT2D eigenvalue weighted by Crippen LogP contribution is -2.23. The molecule has 0 aliphatic carbocycles. The molecule has 0 unspecified atom stereocenters. The molecule has 0 spiro atoms. The van der Waals surface area contributed by atoms with Gasteiger partial charge in [-0.1, -0.05) is 50.6 Å². The van der Waals surface area contributed by atoms with Crippen LogP contribution in [0.5, 0.6) is 5.88 Å². The Hall–Kier alpha value is -2.74. The highest BCUT2D eigenvalue weighted by molar-refractivity contribution is 5.56. The maximum atomic E-state index is 9.61. The molecule has 3 rings (SSSR count). The third-order valence-electron chi connectivity index (χ3n) is 4.10. The van der Waals surface area contributed by atoms with Crippen molar-refractivity contribution in [1.82, 2.24) is 10.2 Å². The van der Waals surface area contributed by atoms with E-state index in [1.807, 2.05) is 31.2 Å². The summed E-state index contributed by atoms with van der Waals surface area (Å²) in [5, 5.41) is 16.9. The average Bonchev–Trinajstić information content (AvgIpc) is 2.90. The molecule has 0 bridgehead atoms. The van der Waals surface area contributed by atoms with Crippen LogP contribution < -0.4 is 10.5 Å². The van der Waals surface area contributed by atoms with Gasteiger partial charge in [0.25, 0.3) is 0 Å². The van der Waals surface area contributed by atoms with Crippen molar-refractivity contribution in [1.29, 1.82) is 5.26 Å². The van der Waals surface area contributed by atoms with E-state index in [2.05, 4.69) is 37.0 Å². The summed E-state index contributed by atoms with van der Waals surface area (Å²) in [4.78, 5) is 0. The number of ether oxygens (including phenoxy) is 1. The topological polar surface area (TPSA) is 87.7 Å². The largest absolute Gasteiger partial charge is 0.420 e. The fourth-order valence-corrected chi connectivity index (χ4v) is 2.91. The molecule has 2 heterocycles. The zero-order valence-corrected chi connectivity index (χ0v) is 13.8. The minimum absolute atomic E-state index is 0.123. The summed E-state index contributed by atoms with van der Waals surface area (Å²) < 4.78 is 5.58. The number of nitrogens with zero attached hydrogens (tertiary/aromatic N) is 2. The minimum Gasteiger partial charge on any atom is -0.420 e. The van der Waals surface area contributed by atoms with Gasteiger partial charge in [0.15, 0.2) is 0 Å². The first-order valence-corrected chi connectivity index (χ1v) is 7.56. The molecule has 118 valence electrons. The first-order valence-electron chi connectivity index (χ1n) is 7.56. The highest BCUT2D eigenvalue weighted by atomic mass is 16.5. The van der Waals surface area contributed by atoms with Crippen LogP contribution in [-0.4, -0.2) is 10.2 Å². The van der Waals surface area contributed by atoms with Gasteiger partial charge >= 0.3 is 0 Å². The molecular formula is C18H20N4O. The standard InChI is InChI=1S/C18H20N4O/c1-10-5-7-11(8-6-10)13-12(9-19)16(20)23-17-14(13)15(21-22-17)18(2,3)4/h5-8,13H,20H2,1-4H3,(H,21,22)/t13-/m0/s1. The molecule has 0 fully saturated rings. The first-order chi connectivity index (χ1) is 10.8. The monoisotopic (exact) mass is 308 g/mol. The smallest absolute Gasteiger partial charge is 0.244 e. The van der Waals surface area contributed by atoms with Crippen molar-refractivity contribution in [2.45, 2.75) is 39.0 Å². The molecule has 1 atom stereocenters. The van der Waals surface area contributed by atoms with Gasteiger partial charge in [0.2, 0.25) is 11.8 Å². The van der Waals surface area contributed by atoms with E-state index < -0.39 is 0 Å². The number of aryl methyl sites for hydroxylation is 1. The van der Waals surface area contributed by atoms with Crippen molar-refractivity contribution in [3.05, 3.63) is 58.1 Å². The second-order valence-corrected chi connectivity index (χ2v) is 6.90. The predicted molar refractivity (Wildman–Crippen MR) is 87.8 cm³/mol. The van der Waals surface area contributed by atoms with E-state index in [0.29, 0.717) is 11.5 Å². The first kappa shape index (κ1) is 15.2. The lowest BCUT2D eigenvalue weighted by molar-refractivity contribution is 0.378. The molecule has 1 aliphatic rings. The Balaban J connectivity index is 2.26. The molecular weight excluding hydrogens is 288 g/mol. The van der Waals surface area contributed by atoms with Gasteiger partial charge in [-0.2, -0.15) is 5.26 Å². The van der Waals surface area contributed by atoms with Crippen LogP contribution in [0.2, 0.25) is 0 Å². The molecule has 1 aliphatic heterocycles. The van der Waals surface area contributed by atoms with Crippen LogP contribution in [0, 0.1) is 18.3 Å². The van der Waals surface area contributed by atoms with Crippen molar-refractivity contribution in [3.63, 3.8) is 0 Å². The number of fused-ring (bicyclic) bond motifs is 1. The predicted octanol–water partition coefficient (Wildman–Crippen LogP) is 3.23.